The van der Waals surface area contributed by atoms with Gasteiger partial charge in [-0.15, -0.1) is 0 Å². The standard InChI is InChI=1S/C17H27ClN2S/c1-5-15-12-20(8-9-21-15)16-7-6-14(18)10-13(16)11-19-17(2,3)4/h6-7,10,15,19H,5,8-9,11-12H2,1-4H3. The fourth-order valence-electron chi connectivity index (χ4n) is 2.55. The van der Waals surface area contributed by atoms with E-state index in [-0.39, 0.29) is 5.54 Å². The molecule has 2 nitrogen and oxygen atoms in total. The topological polar surface area (TPSA) is 15.3 Å². The van der Waals surface area contributed by atoms with Crippen LogP contribution in [0.15, 0.2) is 18.2 Å². The molecule has 1 aromatic rings. The van der Waals surface area contributed by atoms with Gasteiger partial charge in [-0.05, 0) is 51.0 Å². The summed E-state index contributed by atoms with van der Waals surface area (Å²) >= 11 is 8.32. The van der Waals surface area contributed by atoms with Gasteiger partial charge in [0.2, 0.25) is 0 Å². The molecule has 118 valence electrons. The highest BCUT2D eigenvalue weighted by Gasteiger charge is 2.21. The fourth-order valence-corrected chi connectivity index (χ4v) is 3.92. The zero-order valence-electron chi connectivity index (χ0n) is 13.6. The Kier molecular flexibility index (Phi) is 5.87. The van der Waals surface area contributed by atoms with E-state index >= 15 is 0 Å². The molecule has 1 atom stereocenters. The minimum Gasteiger partial charge on any atom is -0.369 e. The lowest BCUT2D eigenvalue weighted by Crippen LogP contribution is -2.39. The molecule has 1 N–H and O–H groups in total. The third kappa shape index (κ3) is 5.08. The maximum Gasteiger partial charge on any atom is 0.0413 e. The summed E-state index contributed by atoms with van der Waals surface area (Å²) in [5.41, 5.74) is 2.76. The van der Waals surface area contributed by atoms with Crippen LogP contribution >= 0.6 is 23.4 Å². The van der Waals surface area contributed by atoms with E-state index in [1.165, 1.54) is 23.4 Å². The molecule has 0 spiro atoms. The molecule has 1 unspecified atom stereocenters. The van der Waals surface area contributed by atoms with Gasteiger partial charge in [-0.2, -0.15) is 11.8 Å². The summed E-state index contributed by atoms with van der Waals surface area (Å²) in [7, 11) is 0. The van der Waals surface area contributed by atoms with Crippen LogP contribution in [-0.4, -0.2) is 29.6 Å². The van der Waals surface area contributed by atoms with Crippen LogP contribution in [0, 0.1) is 0 Å². The lowest BCUT2D eigenvalue weighted by molar-refractivity contribution is 0.424. The van der Waals surface area contributed by atoms with E-state index in [1.54, 1.807) is 0 Å². The van der Waals surface area contributed by atoms with Gasteiger partial charge in [0, 0.05) is 46.9 Å². The summed E-state index contributed by atoms with van der Waals surface area (Å²) in [6, 6.07) is 6.31. The highest BCUT2D eigenvalue weighted by atomic mass is 35.5. The first-order valence-corrected chi connectivity index (χ1v) is 9.21. The molecule has 21 heavy (non-hydrogen) atoms. The van der Waals surface area contributed by atoms with Gasteiger partial charge in [0.1, 0.15) is 0 Å². The Morgan fingerprint density at radius 3 is 2.81 bits per heavy atom. The van der Waals surface area contributed by atoms with Crippen LogP contribution in [0.3, 0.4) is 0 Å². The molecule has 0 saturated carbocycles. The number of hydrogen-bond donors (Lipinski definition) is 1. The van der Waals surface area contributed by atoms with E-state index in [0.29, 0.717) is 0 Å². The van der Waals surface area contributed by atoms with Crippen molar-refractivity contribution < 1.29 is 0 Å². The van der Waals surface area contributed by atoms with Crippen LogP contribution in [0.4, 0.5) is 5.69 Å². The Bertz CT molecular complexity index is 470. The van der Waals surface area contributed by atoms with Crippen molar-refractivity contribution in [3.05, 3.63) is 28.8 Å². The van der Waals surface area contributed by atoms with Crippen molar-refractivity contribution in [1.82, 2.24) is 5.32 Å². The number of anilines is 1. The highest BCUT2D eigenvalue weighted by Crippen LogP contribution is 2.30. The van der Waals surface area contributed by atoms with Crippen molar-refractivity contribution in [2.75, 3.05) is 23.7 Å². The summed E-state index contributed by atoms with van der Waals surface area (Å²) in [6.45, 7) is 12.0. The SMILES string of the molecule is CCC1CN(c2ccc(Cl)cc2CNC(C)(C)C)CCS1. The number of thioether (sulfide) groups is 1. The van der Waals surface area contributed by atoms with Crippen LogP contribution in [0.25, 0.3) is 0 Å². The minimum atomic E-state index is 0.114. The third-order valence-electron chi connectivity index (χ3n) is 3.79. The van der Waals surface area contributed by atoms with E-state index < -0.39 is 0 Å². The molecule has 1 saturated heterocycles. The molecule has 0 bridgehead atoms. The first-order chi connectivity index (χ1) is 9.89. The summed E-state index contributed by atoms with van der Waals surface area (Å²) < 4.78 is 0. The summed E-state index contributed by atoms with van der Waals surface area (Å²) in [6.07, 6.45) is 1.24. The molecule has 0 aliphatic carbocycles. The monoisotopic (exact) mass is 326 g/mol. The maximum absolute atomic E-state index is 6.21. The second kappa shape index (κ2) is 7.26. The molecule has 1 aliphatic rings. The Balaban J connectivity index is 2.17. The molecule has 1 heterocycles. The van der Waals surface area contributed by atoms with E-state index in [2.05, 4.69) is 61.8 Å². The van der Waals surface area contributed by atoms with Crippen LogP contribution in [-0.2, 0) is 6.54 Å². The van der Waals surface area contributed by atoms with Gasteiger partial charge in [0.25, 0.3) is 0 Å². The third-order valence-corrected chi connectivity index (χ3v) is 5.39. The van der Waals surface area contributed by atoms with E-state index in [1.807, 2.05) is 6.07 Å². The molecule has 0 amide bonds. The number of hydrogen-bond acceptors (Lipinski definition) is 3. The second-order valence-corrected chi connectivity index (χ2v) is 8.57. The van der Waals surface area contributed by atoms with Crippen LogP contribution < -0.4 is 10.2 Å². The Hall–Kier alpha value is -0.380. The van der Waals surface area contributed by atoms with Gasteiger partial charge in [0.15, 0.2) is 0 Å². The lowest BCUT2D eigenvalue weighted by Gasteiger charge is -2.35. The predicted molar refractivity (Wildman–Crippen MR) is 96.8 cm³/mol. The number of benzene rings is 1. The number of halogens is 1. The fraction of sp³-hybridized carbons (Fsp3) is 0.647. The first kappa shape index (κ1) is 17.0. The zero-order chi connectivity index (χ0) is 15.5. The predicted octanol–water partition coefficient (Wildman–Crippen LogP) is 4.56. The molecule has 4 heteroatoms. The van der Waals surface area contributed by atoms with Gasteiger partial charge in [0.05, 0.1) is 0 Å². The minimum absolute atomic E-state index is 0.114. The summed E-state index contributed by atoms with van der Waals surface area (Å²) in [4.78, 5) is 2.53. The maximum atomic E-state index is 6.21. The number of rotatable bonds is 4. The molecule has 2 rings (SSSR count). The number of nitrogens with one attached hydrogen (secondary N) is 1. The molecular weight excluding hydrogens is 300 g/mol. The van der Waals surface area contributed by atoms with Gasteiger partial charge in [-0.25, -0.2) is 0 Å². The van der Waals surface area contributed by atoms with Gasteiger partial charge in [-0.1, -0.05) is 18.5 Å². The van der Waals surface area contributed by atoms with E-state index in [4.69, 9.17) is 11.6 Å². The van der Waals surface area contributed by atoms with Crippen LogP contribution in [0.2, 0.25) is 5.02 Å². The molecule has 0 radical (unpaired) electrons. The Morgan fingerprint density at radius 1 is 1.38 bits per heavy atom. The van der Waals surface area contributed by atoms with E-state index in [9.17, 15) is 0 Å². The van der Waals surface area contributed by atoms with Gasteiger partial charge >= 0.3 is 0 Å². The molecule has 1 aromatic carbocycles. The molecule has 1 aliphatic heterocycles. The van der Waals surface area contributed by atoms with Crippen LogP contribution in [0.5, 0.6) is 0 Å². The molecular formula is C17H27ClN2S. The Morgan fingerprint density at radius 2 is 2.14 bits per heavy atom. The number of nitrogens with zero attached hydrogens (tertiary/aromatic N) is 1. The quantitative estimate of drug-likeness (QED) is 0.873. The van der Waals surface area contributed by atoms with Crippen molar-refractivity contribution in [3.63, 3.8) is 0 Å². The molecule has 0 aromatic heterocycles. The van der Waals surface area contributed by atoms with Gasteiger partial charge < -0.3 is 10.2 Å². The largest absolute Gasteiger partial charge is 0.369 e. The Labute approximate surface area is 138 Å². The smallest absolute Gasteiger partial charge is 0.0413 e. The van der Waals surface area contributed by atoms with Crippen molar-refractivity contribution >= 4 is 29.1 Å². The van der Waals surface area contributed by atoms with Gasteiger partial charge in [-0.3, -0.25) is 0 Å². The highest BCUT2D eigenvalue weighted by molar-refractivity contribution is 8.00. The second-order valence-electron chi connectivity index (χ2n) is 6.72. The summed E-state index contributed by atoms with van der Waals surface area (Å²) in [5, 5.41) is 5.15. The van der Waals surface area contributed by atoms with Crippen molar-refractivity contribution in [2.24, 2.45) is 0 Å². The van der Waals surface area contributed by atoms with E-state index in [0.717, 1.165) is 29.9 Å². The summed E-state index contributed by atoms with van der Waals surface area (Å²) in [5.74, 6) is 1.22. The first-order valence-electron chi connectivity index (χ1n) is 7.79. The normalized spacial score (nSPS) is 19.9. The molecule has 1 fully saturated rings. The van der Waals surface area contributed by atoms with Crippen LogP contribution in [0.1, 0.15) is 39.7 Å². The van der Waals surface area contributed by atoms with Crippen molar-refractivity contribution in [3.8, 4) is 0 Å². The zero-order valence-corrected chi connectivity index (χ0v) is 15.2. The lowest BCUT2D eigenvalue weighted by atomic mass is 10.1. The average molecular weight is 327 g/mol. The average Bonchev–Trinajstić information content (AvgIpc) is 2.44. The van der Waals surface area contributed by atoms with Crippen molar-refractivity contribution in [1.29, 1.82) is 0 Å². The van der Waals surface area contributed by atoms with Crippen molar-refractivity contribution in [2.45, 2.75) is 51.4 Å².